The summed E-state index contributed by atoms with van der Waals surface area (Å²) in [5.74, 6) is -0.756. The number of carboxylic acids is 1. The second-order valence-corrected chi connectivity index (χ2v) is 7.58. The maximum absolute atomic E-state index is 11.8. The summed E-state index contributed by atoms with van der Waals surface area (Å²) in [5.41, 5.74) is 10.1. The molecule has 3 heterocycles. The zero-order valence-corrected chi connectivity index (χ0v) is 16.8. The first-order chi connectivity index (χ1) is 15.3. The van der Waals surface area contributed by atoms with Gasteiger partial charge in [0.1, 0.15) is 48.3 Å². The molecule has 2 aliphatic rings. The van der Waals surface area contributed by atoms with Gasteiger partial charge in [-0.2, -0.15) is 0 Å². The molecule has 1 aromatic carbocycles. The van der Waals surface area contributed by atoms with Gasteiger partial charge in [0.2, 0.25) is 0 Å². The standard InChI is InChI=1S/C19H24N6O7/c20-16-13-17(24(7-21-13)18-15(29)14(28)12(6-26)32-18)22-8-25(16)23-11(19(30)31)5-9-1-3-10(27)4-2-9/h1-4,7-8,11-12,14-16,18,23,26-29H,5-6,20H2,(H,30,31)/t11-,12+,14?,15?,16?,18+/m1/s1. The molecule has 0 spiro atoms. The van der Waals surface area contributed by atoms with E-state index in [-0.39, 0.29) is 18.0 Å². The molecule has 0 saturated carbocycles. The summed E-state index contributed by atoms with van der Waals surface area (Å²) in [7, 11) is 0. The Hall–Kier alpha value is -3.07. The van der Waals surface area contributed by atoms with E-state index in [2.05, 4.69) is 15.4 Å². The molecule has 6 atom stereocenters. The van der Waals surface area contributed by atoms with Crippen molar-refractivity contribution in [3.8, 4) is 5.75 Å². The van der Waals surface area contributed by atoms with Crippen LogP contribution in [-0.2, 0) is 16.0 Å². The van der Waals surface area contributed by atoms with Gasteiger partial charge in [-0.3, -0.25) is 14.4 Å². The number of hydrazine groups is 1. The van der Waals surface area contributed by atoms with Crippen LogP contribution in [0.25, 0.3) is 0 Å². The Morgan fingerprint density at radius 3 is 2.59 bits per heavy atom. The summed E-state index contributed by atoms with van der Waals surface area (Å²) < 4.78 is 6.91. The molecule has 8 N–H and O–H groups in total. The number of hydrogen-bond donors (Lipinski definition) is 7. The summed E-state index contributed by atoms with van der Waals surface area (Å²) >= 11 is 0. The highest BCUT2D eigenvalue weighted by Gasteiger charge is 2.45. The number of aliphatic hydroxyl groups is 3. The van der Waals surface area contributed by atoms with Crippen molar-refractivity contribution < 1.29 is 35.1 Å². The topological polar surface area (TPSA) is 199 Å². The number of fused-ring (bicyclic) bond motifs is 1. The molecule has 2 aromatic rings. The number of aliphatic carboxylic acids is 1. The van der Waals surface area contributed by atoms with Crippen molar-refractivity contribution in [1.29, 1.82) is 0 Å². The predicted octanol–water partition coefficient (Wildman–Crippen LogP) is -1.67. The van der Waals surface area contributed by atoms with Gasteiger partial charge in [0.25, 0.3) is 0 Å². The van der Waals surface area contributed by atoms with Gasteiger partial charge in [-0.15, -0.1) is 0 Å². The van der Waals surface area contributed by atoms with E-state index in [4.69, 9.17) is 10.5 Å². The number of rotatable bonds is 7. The van der Waals surface area contributed by atoms with Gasteiger partial charge < -0.3 is 36.0 Å². The van der Waals surface area contributed by atoms with Crippen LogP contribution in [0.4, 0.5) is 5.82 Å². The summed E-state index contributed by atoms with van der Waals surface area (Å²) in [6.07, 6.45) is -2.70. The average Bonchev–Trinajstić information content (AvgIpc) is 3.32. The first kappa shape index (κ1) is 22.1. The van der Waals surface area contributed by atoms with Crippen molar-refractivity contribution in [2.24, 2.45) is 10.7 Å². The third kappa shape index (κ3) is 4.04. The number of aliphatic imine (C=N–C) groups is 1. The molecule has 3 unspecified atom stereocenters. The molecule has 0 amide bonds. The normalized spacial score (nSPS) is 28.0. The number of benzene rings is 1. The fraction of sp³-hybridized carbons (Fsp3) is 0.421. The number of phenolic OH excluding ortho intramolecular Hbond substituents is 1. The minimum absolute atomic E-state index is 0.0797. The van der Waals surface area contributed by atoms with Crippen molar-refractivity contribution in [1.82, 2.24) is 20.0 Å². The van der Waals surface area contributed by atoms with Crippen molar-refractivity contribution in [2.45, 2.75) is 43.2 Å². The lowest BCUT2D eigenvalue weighted by molar-refractivity contribution is -0.140. The number of ether oxygens (including phenoxy) is 1. The van der Waals surface area contributed by atoms with E-state index in [1.807, 2.05) is 0 Å². The summed E-state index contributed by atoms with van der Waals surface area (Å²) in [5, 5.41) is 49.9. The zero-order chi connectivity index (χ0) is 23.0. The molecular formula is C19H24N6O7. The molecule has 0 radical (unpaired) electrons. The summed E-state index contributed by atoms with van der Waals surface area (Å²) in [4.78, 5) is 20.3. The second-order valence-electron chi connectivity index (χ2n) is 7.58. The van der Waals surface area contributed by atoms with Gasteiger partial charge in [-0.1, -0.05) is 12.1 Å². The highest BCUT2D eigenvalue weighted by atomic mass is 16.6. The van der Waals surface area contributed by atoms with Gasteiger partial charge in [0, 0.05) is 6.42 Å². The van der Waals surface area contributed by atoms with E-state index in [0.29, 0.717) is 11.3 Å². The molecule has 1 aromatic heterocycles. The van der Waals surface area contributed by atoms with Gasteiger partial charge in [0.15, 0.2) is 12.0 Å². The lowest BCUT2D eigenvalue weighted by Gasteiger charge is -2.32. The van der Waals surface area contributed by atoms with Gasteiger partial charge in [-0.05, 0) is 17.7 Å². The van der Waals surface area contributed by atoms with Gasteiger partial charge >= 0.3 is 5.97 Å². The number of carbonyl (C=O) groups is 1. The zero-order valence-electron chi connectivity index (χ0n) is 16.8. The maximum Gasteiger partial charge on any atom is 0.322 e. The van der Waals surface area contributed by atoms with Crippen molar-refractivity contribution in [3.63, 3.8) is 0 Å². The molecule has 2 aliphatic heterocycles. The third-order valence-electron chi connectivity index (χ3n) is 5.45. The molecular weight excluding hydrogens is 424 g/mol. The van der Waals surface area contributed by atoms with Crippen LogP contribution in [0.3, 0.4) is 0 Å². The number of imidazole rings is 1. The molecule has 0 bridgehead atoms. The lowest BCUT2D eigenvalue weighted by Crippen LogP contribution is -2.53. The Balaban J connectivity index is 1.51. The number of aromatic nitrogens is 2. The van der Waals surface area contributed by atoms with Gasteiger partial charge in [0.05, 0.1) is 12.9 Å². The largest absolute Gasteiger partial charge is 0.508 e. The quantitative estimate of drug-likeness (QED) is 0.256. The van der Waals surface area contributed by atoms with Crippen LogP contribution in [-0.4, -0.2) is 83.4 Å². The Bertz CT molecular complexity index is 997. The first-order valence-corrected chi connectivity index (χ1v) is 9.84. The molecule has 13 nitrogen and oxygen atoms in total. The minimum Gasteiger partial charge on any atom is -0.508 e. The number of hydrogen-bond acceptors (Lipinski definition) is 11. The van der Waals surface area contributed by atoms with Crippen LogP contribution in [0.15, 0.2) is 35.6 Å². The molecule has 0 aliphatic carbocycles. The fourth-order valence-corrected chi connectivity index (χ4v) is 3.68. The predicted molar refractivity (Wildman–Crippen MR) is 109 cm³/mol. The third-order valence-corrected chi connectivity index (χ3v) is 5.45. The van der Waals surface area contributed by atoms with Crippen LogP contribution >= 0.6 is 0 Å². The maximum atomic E-state index is 11.8. The number of nitrogens with two attached hydrogens (primary N) is 1. The van der Waals surface area contributed by atoms with E-state index in [9.17, 15) is 30.3 Å². The van der Waals surface area contributed by atoms with Crippen LogP contribution < -0.4 is 11.2 Å². The number of nitrogens with one attached hydrogen (secondary N) is 1. The molecule has 4 rings (SSSR count). The smallest absolute Gasteiger partial charge is 0.322 e. The average molecular weight is 448 g/mol. The number of aromatic hydroxyl groups is 1. The Morgan fingerprint density at radius 1 is 1.25 bits per heavy atom. The number of nitrogens with zero attached hydrogens (tertiary/aromatic N) is 4. The first-order valence-electron chi connectivity index (χ1n) is 9.84. The molecule has 32 heavy (non-hydrogen) atoms. The monoisotopic (exact) mass is 448 g/mol. The number of phenols is 1. The highest BCUT2D eigenvalue weighted by Crippen LogP contribution is 2.36. The molecule has 13 heteroatoms. The summed E-state index contributed by atoms with van der Waals surface area (Å²) in [6, 6.07) is 5.15. The van der Waals surface area contributed by atoms with Crippen molar-refractivity contribution in [2.75, 3.05) is 6.61 Å². The number of aliphatic hydroxyl groups excluding tert-OH is 3. The lowest BCUT2D eigenvalue weighted by atomic mass is 10.1. The van der Waals surface area contributed by atoms with Crippen LogP contribution in [0.5, 0.6) is 5.75 Å². The van der Waals surface area contributed by atoms with Crippen molar-refractivity contribution in [3.05, 3.63) is 41.9 Å². The highest BCUT2D eigenvalue weighted by molar-refractivity contribution is 5.74. The van der Waals surface area contributed by atoms with E-state index in [1.54, 1.807) is 12.1 Å². The Labute approximate surface area is 182 Å². The number of carboxylic acid groups (broad SMARTS) is 1. The van der Waals surface area contributed by atoms with E-state index >= 15 is 0 Å². The van der Waals surface area contributed by atoms with Crippen LogP contribution in [0.2, 0.25) is 0 Å². The van der Waals surface area contributed by atoms with E-state index < -0.39 is 49.3 Å². The fourth-order valence-electron chi connectivity index (χ4n) is 3.68. The molecule has 1 fully saturated rings. The van der Waals surface area contributed by atoms with Crippen LogP contribution in [0, 0.1) is 0 Å². The summed E-state index contributed by atoms with van der Waals surface area (Å²) in [6.45, 7) is -0.469. The second kappa shape index (κ2) is 8.82. The van der Waals surface area contributed by atoms with Crippen molar-refractivity contribution >= 4 is 18.1 Å². The van der Waals surface area contributed by atoms with E-state index in [1.165, 1.54) is 34.4 Å². The Morgan fingerprint density at radius 2 is 1.97 bits per heavy atom. The SMILES string of the molecule is NC1c2ncn([C@H]3O[C@@H](CO)C(O)C3O)c2N=CN1N[C@H](Cc1ccc(O)cc1)C(=O)O. The van der Waals surface area contributed by atoms with Gasteiger partial charge in [-0.25, -0.2) is 15.4 Å². The molecule has 172 valence electrons. The molecule has 1 saturated heterocycles. The Kier molecular flexibility index (Phi) is 6.10. The van der Waals surface area contributed by atoms with Crippen LogP contribution in [0.1, 0.15) is 23.7 Å². The van der Waals surface area contributed by atoms with E-state index in [0.717, 1.165) is 0 Å². The minimum atomic E-state index is -1.31.